The standard InChI is InChI=1S/C23H24N4O3/c1-17(23(28)24-20-10-9-18-5-2-3-6-19(18)15-20)25-11-13-26(14-12-25)21-7-4-8-22(16-21)27(29)30/h2-10,15-17H,11-14H2,1H3,(H,24,28). The normalized spacial score (nSPS) is 15.7. The minimum atomic E-state index is -0.376. The summed E-state index contributed by atoms with van der Waals surface area (Å²) in [5.74, 6) is -0.0333. The van der Waals surface area contributed by atoms with Crippen LogP contribution in [-0.2, 0) is 4.79 Å². The number of nitro groups is 1. The van der Waals surface area contributed by atoms with E-state index in [-0.39, 0.29) is 22.6 Å². The second kappa shape index (κ2) is 8.51. The summed E-state index contributed by atoms with van der Waals surface area (Å²) in [6.45, 7) is 4.78. The van der Waals surface area contributed by atoms with Crippen LogP contribution in [0.25, 0.3) is 10.8 Å². The zero-order valence-corrected chi connectivity index (χ0v) is 16.8. The fraction of sp³-hybridized carbons (Fsp3) is 0.261. The topological polar surface area (TPSA) is 78.7 Å². The molecule has 1 saturated heterocycles. The van der Waals surface area contributed by atoms with Crippen molar-refractivity contribution in [1.29, 1.82) is 0 Å². The van der Waals surface area contributed by atoms with Crippen LogP contribution >= 0.6 is 0 Å². The van der Waals surface area contributed by atoms with E-state index in [9.17, 15) is 14.9 Å². The highest BCUT2D eigenvalue weighted by Crippen LogP contribution is 2.23. The number of fused-ring (bicyclic) bond motifs is 1. The van der Waals surface area contributed by atoms with Crippen LogP contribution in [0, 0.1) is 10.1 Å². The molecule has 1 N–H and O–H groups in total. The summed E-state index contributed by atoms with van der Waals surface area (Å²) in [5, 5.41) is 16.3. The summed E-state index contributed by atoms with van der Waals surface area (Å²) >= 11 is 0. The maximum Gasteiger partial charge on any atom is 0.271 e. The molecule has 1 heterocycles. The molecule has 0 aromatic heterocycles. The molecule has 7 heteroatoms. The second-order valence-electron chi connectivity index (χ2n) is 7.53. The molecule has 1 atom stereocenters. The van der Waals surface area contributed by atoms with Gasteiger partial charge in [-0.25, -0.2) is 0 Å². The van der Waals surface area contributed by atoms with Crippen molar-refractivity contribution in [2.24, 2.45) is 0 Å². The van der Waals surface area contributed by atoms with Crippen molar-refractivity contribution in [1.82, 2.24) is 4.90 Å². The Labute approximate surface area is 175 Å². The van der Waals surface area contributed by atoms with Crippen LogP contribution in [0.2, 0.25) is 0 Å². The third-order valence-electron chi connectivity index (χ3n) is 5.66. The first-order valence-electron chi connectivity index (χ1n) is 10.0. The Morgan fingerprint density at radius 1 is 0.967 bits per heavy atom. The molecule has 1 aliphatic heterocycles. The first kappa shape index (κ1) is 19.8. The molecule has 1 unspecified atom stereocenters. The van der Waals surface area contributed by atoms with Crippen LogP contribution in [-0.4, -0.2) is 48.0 Å². The van der Waals surface area contributed by atoms with Crippen molar-refractivity contribution in [2.45, 2.75) is 13.0 Å². The van der Waals surface area contributed by atoms with E-state index in [2.05, 4.69) is 15.1 Å². The predicted molar refractivity (Wildman–Crippen MR) is 119 cm³/mol. The third kappa shape index (κ3) is 4.26. The minimum absolute atomic E-state index is 0.0333. The van der Waals surface area contributed by atoms with Crippen molar-refractivity contribution >= 4 is 33.7 Å². The predicted octanol–water partition coefficient (Wildman–Crippen LogP) is 3.90. The molecular formula is C23H24N4O3. The molecular weight excluding hydrogens is 380 g/mol. The van der Waals surface area contributed by atoms with Gasteiger partial charge in [-0.3, -0.25) is 19.8 Å². The van der Waals surface area contributed by atoms with E-state index >= 15 is 0 Å². The summed E-state index contributed by atoms with van der Waals surface area (Å²) in [7, 11) is 0. The first-order valence-corrected chi connectivity index (χ1v) is 10.0. The zero-order chi connectivity index (χ0) is 21.1. The number of carbonyl (C=O) groups excluding carboxylic acids is 1. The fourth-order valence-corrected chi connectivity index (χ4v) is 3.85. The maximum atomic E-state index is 12.8. The average molecular weight is 404 g/mol. The smallest absolute Gasteiger partial charge is 0.271 e. The highest BCUT2D eigenvalue weighted by molar-refractivity contribution is 5.97. The van der Waals surface area contributed by atoms with Gasteiger partial charge < -0.3 is 10.2 Å². The number of piperazine rings is 1. The molecule has 1 aliphatic rings. The first-order chi connectivity index (χ1) is 14.5. The lowest BCUT2D eigenvalue weighted by Crippen LogP contribution is -2.52. The summed E-state index contributed by atoms with van der Waals surface area (Å²) in [6, 6.07) is 20.4. The Hall–Kier alpha value is -3.45. The van der Waals surface area contributed by atoms with Gasteiger partial charge in [-0.1, -0.05) is 36.4 Å². The van der Waals surface area contributed by atoms with Gasteiger partial charge in [0.15, 0.2) is 0 Å². The number of rotatable bonds is 5. The maximum absolute atomic E-state index is 12.8. The van der Waals surface area contributed by atoms with E-state index in [1.54, 1.807) is 12.1 Å². The van der Waals surface area contributed by atoms with E-state index in [0.717, 1.165) is 48.3 Å². The molecule has 3 aromatic rings. The number of benzene rings is 3. The molecule has 0 bridgehead atoms. The lowest BCUT2D eigenvalue weighted by molar-refractivity contribution is -0.384. The van der Waals surface area contributed by atoms with Crippen molar-refractivity contribution in [3.05, 3.63) is 76.8 Å². The molecule has 154 valence electrons. The van der Waals surface area contributed by atoms with Crippen molar-refractivity contribution in [3.8, 4) is 0 Å². The molecule has 3 aromatic carbocycles. The van der Waals surface area contributed by atoms with Crippen molar-refractivity contribution in [2.75, 3.05) is 36.4 Å². The van der Waals surface area contributed by atoms with Gasteiger partial charge in [-0.2, -0.15) is 0 Å². The Kier molecular flexibility index (Phi) is 5.63. The van der Waals surface area contributed by atoms with E-state index in [1.807, 2.05) is 55.5 Å². The van der Waals surface area contributed by atoms with Gasteiger partial charge in [0.1, 0.15) is 0 Å². The van der Waals surface area contributed by atoms with Gasteiger partial charge in [0.25, 0.3) is 5.69 Å². The Morgan fingerprint density at radius 3 is 2.43 bits per heavy atom. The van der Waals surface area contributed by atoms with Gasteiger partial charge in [0.2, 0.25) is 5.91 Å². The molecule has 0 aliphatic carbocycles. The van der Waals surface area contributed by atoms with E-state index in [0.29, 0.717) is 0 Å². The summed E-state index contributed by atoms with van der Waals surface area (Å²) in [5.41, 5.74) is 1.73. The largest absolute Gasteiger partial charge is 0.369 e. The van der Waals surface area contributed by atoms with E-state index < -0.39 is 0 Å². The number of anilines is 2. The minimum Gasteiger partial charge on any atom is -0.369 e. The highest BCUT2D eigenvalue weighted by atomic mass is 16.6. The lowest BCUT2D eigenvalue weighted by atomic mass is 10.1. The number of nitrogens with one attached hydrogen (secondary N) is 1. The number of non-ortho nitro benzene ring substituents is 1. The monoisotopic (exact) mass is 404 g/mol. The quantitative estimate of drug-likeness (QED) is 0.515. The van der Waals surface area contributed by atoms with E-state index in [1.165, 1.54) is 6.07 Å². The molecule has 1 fully saturated rings. The van der Waals surface area contributed by atoms with Gasteiger partial charge in [0, 0.05) is 49.7 Å². The number of hydrogen-bond donors (Lipinski definition) is 1. The fourth-order valence-electron chi connectivity index (χ4n) is 3.85. The molecule has 1 amide bonds. The van der Waals surface area contributed by atoms with Gasteiger partial charge >= 0.3 is 0 Å². The van der Waals surface area contributed by atoms with Crippen LogP contribution in [0.5, 0.6) is 0 Å². The lowest BCUT2D eigenvalue weighted by Gasteiger charge is -2.38. The summed E-state index contributed by atoms with van der Waals surface area (Å²) in [4.78, 5) is 27.7. The molecule has 4 rings (SSSR count). The van der Waals surface area contributed by atoms with Crippen LogP contribution in [0.1, 0.15) is 6.92 Å². The molecule has 0 radical (unpaired) electrons. The van der Waals surface area contributed by atoms with Crippen LogP contribution in [0.15, 0.2) is 66.7 Å². The number of hydrogen-bond acceptors (Lipinski definition) is 5. The van der Waals surface area contributed by atoms with Crippen molar-refractivity contribution in [3.63, 3.8) is 0 Å². The molecule has 0 spiro atoms. The van der Waals surface area contributed by atoms with E-state index in [4.69, 9.17) is 0 Å². The van der Waals surface area contributed by atoms with Crippen LogP contribution in [0.4, 0.5) is 17.1 Å². The summed E-state index contributed by atoms with van der Waals surface area (Å²) < 4.78 is 0. The SMILES string of the molecule is CC(C(=O)Nc1ccc2ccccc2c1)N1CCN(c2cccc([N+](=O)[O-])c2)CC1. The number of carbonyl (C=O) groups is 1. The Bertz CT molecular complexity index is 1080. The molecule has 7 nitrogen and oxygen atoms in total. The molecule has 0 saturated carbocycles. The average Bonchev–Trinajstić information content (AvgIpc) is 2.78. The Balaban J connectivity index is 1.36. The van der Waals surface area contributed by atoms with Gasteiger partial charge in [0.05, 0.1) is 11.0 Å². The number of amides is 1. The van der Waals surface area contributed by atoms with Crippen LogP contribution < -0.4 is 10.2 Å². The molecule has 30 heavy (non-hydrogen) atoms. The zero-order valence-electron chi connectivity index (χ0n) is 16.8. The summed E-state index contributed by atoms with van der Waals surface area (Å²) in [6.07, 6.45) is 0. The van der Waals surface area contributed by atoms with Gasteiger partial charge in [-0.15, -0.1) is 0 Å². The van der Waals surface area contributed by atoms with Gasteiger partial charge in [-0.05, 0) is 35.9 Å². The van der Waals surface area contributed by atoms with Crippen molar-refractivity contribution < 1.29 is 9.72 Å². The number of nitrogens with zero attached hydrogens (tertiary/aromatic N) is 3. The van der Waals surface area contributed by atoms with Crippen LogP contribution in [0.3, 0.4) is 0 Å². The Morgan fingerprint density at radius 2 is 1.70 bits per heavy atom. The third-order valence-corrected chi connectivity index (χ3v) is 5.66. The number of nitro benzene ring substituents is 1. The second-order valence-corrected chi connectivity index (χ2v) is 7.53. The highest BCUT2D eigenvalue weighted by Gasteiger charge is 2.26.